The van der Waals surface area contributed by atoms with Crippen molar-refractivity contribution in [2.24, 2.45) is 5.92 Å². The molecular weight excluding hydrogens is 526 g/mol. The molecule has 2 amide bonds. The number of hydrogen-bond donors (Lipinski definition) is 2. The summed E-state index contributed by atoms with van der Waals surface area (Å²) in [7, 11) is 0. The van der Waals surface area contributed by atoms with Crippen LogP contribution in [0.2, 0.25) is 0 Å². The fourth-order valence-electron chi connectivity index (χ4n) is 6.06. The lowest BCUT2D eigenvalue weighted by atomic mass is 9.79. The maximum absolute atomic E-state index is 13.7. The standard InChI is InChI=1S/C29H31N7O5/c37-25(21-7-13-34(28(39)40)17-23(21)20-5-2-1-3-6-20)33-15-9-29(41,10-16-33)18-35-19-32-24-22(26(35)38)8-14-36(24)27-30-11-4-12-31-27/h1-6,8,11-12,14,19,21,23,41H,7,9-10,13,15-18H2,(H,39,40)/t21-,23+/m1/s1. The summed E-state index contributed by atoms with van der Waals surface area (Å²) < 4.78 is 3.06. The summed E-state index contributed by atoms with van der Waals surface area (Å²) in [6.45, 7) is 1.34. The Kier molecular flexibility index (Phi) is 7.00. The molecule has 6 rings (SSSR count). The largest absolute Gasteiger partial charge is 0.465 e. The van der Waals surface area contributed by atoms with Crippen LogP contribution in [0.1, 0.15) is 30.7 Å². The maximum atomic E-state index is 13.7. The lowest BCUT2D eigenvalue weighted by Crippen LogP contribution is -2.53. The number of hydrogen-bond acceptors (Lipinski definition) is 7. The van der Waals surface area contributed by atoms with E-state index in [1.54, 1.807) is 40.2 Å². The highest BCUT2D eigenvalue weighted by molar-refractivity contribution is 5.81. The molecule has 3 aromatic heterocycles. The monoisotopic (exact) mass is 557 g/mol. The van der Waals surface area contributed by atoms with Crippen molar-refractivity contribution >= 4 is 23.0 Å². The van der Waals surface area contributed by atoms with Crippen LogP contribution in [0.4, 0.5) is 4.79 Å². The van der Waals surface area contributed by atoms with Gasteiger partial charge >= 0.3 is 6.09 Å². The molecule has 212 valence electrons. The number of benzene rings is 1. The van der Waals surface area contributed by atoms with Crippen molar-refractivity contribution in [3.63, 3.8) is 0 Å². The summed E-state index contributed by atoms with van der Waals surface area (Å²) in [5.41, 5.74) is -0.0634. The highest BCUT2D eigenvalue weighted by Crippen LogP contribution is 2.35. The molecule has 0 bridgehead atoms. The fraction of sp³-hybridized carbons (Fsp3) is 0.379. The molecular formula is C29H31N7O5. The molecule has 2 saturated heterocycles. The van der Waals surface area contributed by atoms with Crippen LogP contribution in [0, 0.1) is 5.92 Å². The molecule has 0 aliphatic carbocycles. The Morgan fingerprint density at radius 3 is 2.39 bits per heavy atom. The van der Waals surface area contributed by atoms with Crippen LogP contribution in [0.25, 0.3) is 17.0 Å². The molecule has 0 radical (unpaired) electrons. The van der Waals surface area contributed by atoms with E-state index in [1.807, 2.05) is 30.3 Å². The van der Waals surface area contributed by atoms with E-state index in [-0.39, 0.29) is 36.4 Å². The van der Waals surface area contributed by atoms with Crippen molar-refractivity contribution in [1.82, 2.24) is 33.9 Å². The molecule has 12 heteroatoms. The zero-order chi connectivity index (χ0) is 28.6. The summed E-state index contributed by atoms with van der Waals surface area (Å²) >= 11 is 0. The van der Waals surface area contributed by atoms with Crippen LogP contribution in [0.15, 0.2) is 72.2 Å². The highest BCUT2D eigenvalue weighted by Gasteiger charge is 2.41. The van der Waals surface area contributed by atoms with Gasteiger partial charge in [-0.1, -0.05) is 30.3 Å². The van der Waals surface area contributed by atoms with E-state index >= 15 is 0 Å². The number of aliphatic hydroxyl groups is 1. The highest BCUT2D eigenvalue weighted by atomic mass is 16.4. The molecule has 2 atom stereocenters. The number of likely N-dealkylation sites (tertiary alicyclic amines) is 2. The van der Waals surface area contributed by atoms with Crippen LogP contribution in [0.3, 0.4) is 0 Å². The van der Waals surface area contributed by atoms with Gasteiger partial charge in [-0.05, 0) is 37.0 Å². The number of carbonyl (C=O) groups is 2. The Labute approximate surface area is 235 Å². The summed E-state index contributed by atoms with van der Waals surface area (Å²) in [5.74, 6) is -0.188. The molecule has 2 aliphatic heterocycles. The van der Waals surface area contributed by atoms with Gasteiger partial charge in [-0.25, -0.2) is 19.7 Å². The first-order chi connectivity index (χ1) is 19.8. The summed E-state index contributed by atoms with van der Waals surface area (Å²) in [5, 5.41) is 21.4. The van der Waals surface area contributed by atoms with Gasteiger partial charge in [-0.15, -0.1) is 0 Å². The molecule has 2 aliphatic rings. The molecule has 0 spiro atoms. The summed E-state index contributed by atoms with van der Waals surface area (Å²) in [6, 6.07) is 13.0. The number of amides is 2. The molecule has 2 fully saturated rings. The molecule has 41 heavy (non-hydrogen) atoms. The fourth-order valence-corrected chi connectivity index (χ4v) is 6.06. The van der Waals surface area contributed by atoms with Crippen LogP contribution in [-0.2, 0) is 11.3 Å². The lowest BCUT2D eigenvalue weighted by Gasteiger charge is -2.42. The Hall–Kier alpha value is -4.58. The van der Waals surface area contributed by atoms with Crippen molar-refractivity contribution < 1.29 is 19.8 Å². The zero-order valence-corrected chi connectivity index (χ0v) is 22.4. The number of piperidine rings is 2. The van der Waals surface area contributed by atoms with Gasteiger partial charge in [0.05, 0.1) is 17.5 Å². The van der Waals surface area contributed by atoms with Gasteiger partial charge in [0.15, 0.2) is 5.65 Å². The van der Waals surface area contributed by atoms with Gasteiger partial charge in [0.1, 0.15) is 6.33 Å². The van der Waals surface area contributed by atoms with E-state index in [9.17, 15) is 24.6 Å². The average Bonchev–Trinajstić information content (AvgIpc) is 3.44. The van der Waals surface area contributed by atoms with E-state index < -0.39 is 11.7 Å². The number of nitrogens with zero attached hydrogens (tertiary/aromatic N) is 7. The number of rotatable bonds is 5. The number of aromatic nitrogens is 5. The second-order valence-corrected chi connectivity index (χ2v) is 10.8. The van der Waals surface area contributed by atoms with Crippen molar-refractivity contribution in [2.45, 2.75) is 37.3 Å². The van der Waals surface area contributed by atoms with Gasteiger partial charge in [0.2, 0.25) is 11.9 Å². The first-order valence-electron chi connectivity index (χ1n) is 13.7. The number of carboxylic acid groups (broad SMARTS) is 1. The van der Waals surface area contributed by atoms with Crippen LogP contribution >= 0.6 is 0 Å². The van der Waals surface area contributed by atoms with Crippen LogP contribution in [0.5, 0.6) is 0 Å². The minimum atomic E-state index is -1.17. The third-order valence-corrected chi connectivity index (χ3v) is 8.34. The first kappa shape index (κ1) is 26.6. The van der Waals surface area contributed by atoms with Crippen LogP contribution in [-0.4, -0.2) is 87.9 Å². The molecule has 1 aromatic carbocycles. The average molecular weight is 558 g/mol. The summed E-state index contributed by atoms with van der Waals surface area (Å²) in [6.07, 6.45) is 6.44. The lowest BCUT2D eigenvalue weighted by molar-refractivity contribution is -0.142. The first-order valence-corrected chi connectivity index (χ1v) is 13.7. The normalized spacial score (nSPS) is 20.7. The number of carbonyl (C=O) groups excluding carboxylic acids is 1. The molecule has 5 heterocycles. The minimum absolute atomic E-state index is 0.0179. The quantitative estimate of drug-likeness (QED) is 0.379. The minimum Gasteiger partial charge on any atom is -0.465 e. The predicted octanol–water partition coefficient (Wildman–Crippen LogP) is 2.11. The van der Waals surface area contributed by atoms with Crippen molar-refractivity contribution in [3.05, 3.63) is 83.3 Å². The van der Waals surface area contributed by atoms with E-state index in [0.29, 0.717) is 55.9 Å². The third-order valence-electron chi connectivity index (χ3n) is 8.34. The van der Waals surface area contributed by atoms with Crippen molar-refractivity contribution in [1.29, 1.82) is 0 Å². The Bertz CT molecular complexity index is 1610. The zero-order valence-electron chi connectivity index (χ0n) is 22.4. The van der Waals surface area contributed by atoms with Gasteiger partial charge in [0.25, 0.3) is 5.56 Å². The molecule has 4 aromatic rings. The molecule has 2 N–H and O–H groups in total. The molecule has 0 saturated carbocycles. The third kappa shape index (κ3) is 5.18. The van der Waals surface area contributed by atoms with E-state index in [0.717, 1.165) is 5.56 Å². The summed E-state index contributed by atoms with van der Waals surface area (Å²) in [4.78, 5) is 54.7. The Morgan fingerprint density at radius 2 is 1.68 bits per heavy atom. The number of fused-ring (bicyclic) bond motifs is 1. The van der Waals surface area contributed by atoms with Gasteiger partial charge in [-0.2, -0.15) is 0 Å². The predicted molar refractivity (Wildman–Crippen MR) is 149 cm³/mol. The van der Waals surface area contributed by atoms with E-state index in [2.05, 4.69) is 15.0 Å². The van der Waals surface area contributed by atoms with E-state index in [1.165, 1.54) is 15.8 Å². The second-order valence-electron chi connectivity index (χ2n) is 10.8. The van der Waals surface area contributed by atoms with Crippen LogP contribution < -0.4 is 5.56 Å². The molecule has 12 nitrogen and oxygen atoms in total. The van der Waals surface area contributed by atoms with Gasteiger partial charge in [-0.3, -0.25) is 18.7 Å². The van der Waals surface area contributed by atoms with E-state index in [4.69, 9.17) is 0 Å². The second kappa shape index (κ2) is 10.8. The van der Waals surface area contributed by atoms with Gasteiger partial charge < -0.3 is 20.0 Å². The van der Waals surface area contributed by atoms with Gasteiger partial charge in [0, 0.05) is 56.6 Å². The smallest absolute Gasteiger partial charge is 0.407 e. The van der Waals surface area contributed by atoms with Crippen molar-refractivity contribution in [3.8, 4) is 5.95 Å². The molecule has 0 unspecified atom stereocenters. The maximum Gasteiger partial charge on any atom is 0.407 e. The Balaban J connectivity index is 1.15. The topological polar surface area (TPSA) is 147 Å². The van der Waals surface area contributed by atoms with Crippen molar-refractivity contribution in [2.75, 3.05) is 26.2 Å². The SMILES string of the molecule is O=C(O)N1CC[C@@H](C(=O)N2CCC(O)(Cn3cnc4c(ccn4-c4ncccn4)c3=O)CC2)[C@H](c2ccccc2)C1. The Morgan fingerprint density at radius 1 is 0.951 bits per heavy atom.